The van der Waals surface area contributed by atoms with Gasteiger partial charge in [0, 0.05) is 17.7 Å². The first-order valence-corrected chi connectivity index (χ1v) is 16.1. The Morgan fingerprint density at radius 1 is 1.06 bits per heavy atom. The molecule has 2 aromatic carbocycles. The van der Waals surface area contributed by atoms with Crippen molar-refractivity contribution in [2.45, 2.75) is 72.0 Å². The summed E-state index contributed by atoms with van der Waals surface area (Å²) in [6, 6.07) is 10.6. The van der Waals surface area contributed by atoms with E-state index >= 15 is 0 Å². The zero-order valence-corrected chi connectivity index (χ0v) is 28.8. The Morgan fingerprint density at radius 2 is 1.76 bits per heavy atom. The second-order valence-corrected chi connectivity index (χ2v) is 13.9. The lowest BCUT2D eigenvalue weighted by atomic mass is 9.75. The summed E-state index contributed by atoms with van der Waals surface area (Å²) in [4.78, 5) is 37.8. The van der Waals surface area contributed by atoms with E-state index in [4.69, 9.17) is 27.1 Å². The van der Waals surface area contributed by atoms with Gasteiger partial charge in [0.15, 0.2) is 11.5 Å². The highest BCUT2D eigenvalue weighted by Gasteiger charge is 2.53. The maximum Gasteiger partial charge on any atom is 0.333 e. The number of carbonyl (C=O) groups is 2. The van der Waals surface area contributed by atoms with E-state index in [0.29, 0.717) is 43.5 Å². The van der Waals surface area contributed by atoms with E-state index in [9.17, 15) is 27.2 Å². The first-order chi connectivity index (χ1) is 23.5. The summed E-state index contributed by atoms with van der Waals surface area (Å²) >= 11 is 6.55. The third-order valence-electron chi connectivity index (χ3n) is 8.34. The van der Waals surface area contributed by atoms with Gasteiger partial charge in [0.25, 0.3) is 5.91 Å². The molecule has 266 valence electrons. The van der Waals surface area contributed by atoms with E-state index in [0.717, 1.165) is 0 Å². The van der Waals surface area contributed by atoms with E-state index < -0.39 is 60.8 Å². The first kappa shape index (κ1) is 36.5. The Hall–Kier alpha value is -4.79. The Kier molecular flexibility index (Phi) is 10.4. The SMILES string of the molecule is Cc1ncnn1-c1cc([C@@H](COC(=O)C[C@@H](C)C(F)F)N2C(=O)[C@@](CC(C)(C)C)(c3ccc(-c4cnn(C(F)F)c4)cc3)N=C2N)ccc1Cl. The summed E-state index contributed by atoms with van der Waals surface area (Å²) in [7, 11) is 0. The van der Waals surface area contributed by atoms with Crippen molar-refractivity contribution in [1.29, 1.82) is 0 Å². The standard InChI is InChI=1S/C34H37ClF4N8O3/c1-19(29(36)37)12-28(48)50-16-27(22-8-11-25(35)26(13-22)47-20(2)41-18-43-47)46-30(49)34(44-32(46)40,17-33(3,4)5)24-9-6-21(7-10-24)23-14-42-45(15-23)31(38)39/h6-11,13-15,18-19,27,29,31H,12,16-17H2,1-5H3,(H2,40,44)/t19-,27-,34-/m1/s1. The summed E-state index contributed by atoms with van der Waals surface area (Å²) in [5.41, 5.74) is 7.00. The predicted molar refractivity (Wildman–Crippen MR) is 178 cm³/mol. The molecule has 0 bridgehead atoms. The van der Waals surface area contributed by atoms with Crippen LogP contribution in [0.5, 0.6) is 0 Å². The third-order valence-corrected chi connectivity index (χ3v) is 8.66. The van der Waals surface area contributed by atoms with Crippen LogP contribution in [0.25, 0.3) is 16.8 Å². The number of aryl methyl sites for hydroxylation is 1. The Morgan fingerprint density at radius 3 is 2.34 bits per heavy atom. The molecule has 16 heteroatoms. The molecular formula is C34H37ClF4N8O3. The number of benzene rings is 2. The number of esters is 1. The number of rotatable bonds is 12. The minimum atomic E-state index is -2.80. The molecule has 0 saturated heterocycles. The van der Waals surface area contributed by atoms with E-state index in [1.54, 1.807) is 49.4 Å². The highest BCUT2D eigenvalue weighted by atomic mass is 35.5. The number of guanidine groups is 1. The van der Waals surface area contributed by atoms with Gasteiger partial charge in [0.05, 0.1) is 29.4 Å². The van der Waals surface area contributed by atoms with Gasteiger partial charge in [-0.3, -0.25) is 14.5 Å². The molecule has 0 spiro atoms. The van der Waals surface area contributed by atoms with Crippen molar-refractivity contribution in [2.75, 3.05) is 6.61 Å². The molecule has 11 nitrogen and oxygen atoms in total. The smallest absolute Gasteiger partial charge is 0.333 e. The van der Waals surface area contributed by atoms with Crippen LogP contribution in [0.4, 0.5) is 17.6 Å². The fraction of sp³-hybridized carbons (Fsp3) is 0.412. The molecule has 3 heterocycles. The van der Waals surface area contributed by atoms with Crippen LogP contribution < -0.4 is 5.73 Å². The second-order valence-electron chi connectivity index (χ2n) is 13.5. The molecule has 5 rings (SSSR count). The fourth-order valence-corrected chi connectivity index (χ4v) is 6.14. The minimum absolute atomic E-state index is 0.156. The Balaban J connectivity index is 1.56. The average Bonchev–Trinajstić information content (AvgIpc) is 3.76. The quantitative estimate of drug-likeness (QED) is 0.125. The average molecular weight is 717 g/mol. The number of hydrogen-bond donors (Lipinski definition) is 1. The van der Waals surface area contributed by atoms with Gasteiger partial charge in [-0.15, -0.1) is 0 Å². The van der Waals surface area contributed by atoms with Gasteiger partial charge < -0.3 is 10.5 Å². The van der Waals surface area contributed by atoms with Crippen LogP contribution in [0.2, 0.25) is 5.02 Å². The van der Waals surface area contributed by atoms with Crippen molar-refractivity contribution >= 4 is 29.4 Å². The Bertz CT molecular complexity index is 1890. The highest BCUT2D eigenvalue weighted by Crippen LogP contribution is 2.45. The van der Waals surface area contributed by atoms with Crippen molar-refractivity contribution in [2.24, 2.45) is 22.1 Å². The first-order valence-electron chi connectivity index (χ1n) is 15.7. The molecule has 3 atom stereocenters. The highest BCUT2D eigenvalue weighted by molar-refractivity contribution is 6.32. The van der Waals surface area contributed by atoms with Crippen LogP contribution in [0.15, 0.2) is 66.2 Å². The van der Waals surface area contributed by atoms with E-state index in [1.807, 2.05) is 20.8 Å². The third kappa shape index (κ3) is 7.52. The van der Waals surface area contributed by atoms with Crippen molar-refractivity contribution in [1.82, 2.24) is 29.4 Å². The lowest BCUT2D eigenvalue weighted by Crippen LogP contribution is -2.47. The molecular weight excluding hydrogens is 680 g/mol. The fourth-order valence-electron chi connectivity index (χ4n) is 5.94. The lowest BCUT2D eigenvalue weighted by molar-refractivity contribution is -0.149. The topological polar surface area (TPSA) is 134 Å². The molecule has 1 aliphatic heterocycles. The van der Waals surface area contributed by atoms with Gasteiger partial charge in [-0.05, 0) is 47.6 Å². The number of halogens is 5. The normalized spacial score (nSPS) is 17.8. The summed E-state index contributed by atoms with van der Waals surface area (Å²) < 4.78 is 60.3. The Labute approximate surface area is 291 Å². The van der Waals surface area contributed by atoms with Gasteiger partial charge in [-0.2, -0.15) is 19.0 Å². The van der Waals surface area contributed by atoms with Crippen molar-refractivity contribution < 1.29 is 31.9 Å². The van der Waals surface area contributed by atoms with Gasteiger partial charge >= 0.3 is 12.5 Å². The maximum atomic E-state index is 14.9. The number of aromatic nitrogens is 5. The predicted octanol–water partition coefficient (Wildman–Crippen LogP) is 6.85. The molecule has 1 amide bonds. The van der Waals surface area contributed by atoms with Crippen LogP contribution in [-0.4, -0.2) is 60.3 Å². The number of hydrogen-bond acceptors (Lipinski definition) is 8. The lowest BCUT2D eigenvalue weighted by Gasteiger charge is -2.35. The minimum Gasteiger partial charge on any atom is -0.463 e. The number of nitrogens with two attached hydrogens (primary N) is 1. The molecule has 0 radical (unpaired) electrons. The van der Waals surface area contributed by atoms with Crippen molar-refractivity contribution in [3.8, 4) is 16.8 Å². The number of carbonyl (C=O) groups excluding carboxylic acids is 2. The second kappa shape index (κ2) is 14.2. The number of amides is 1. The van der Waals surface area contributed by atoms with Crippen LogP contribution >= 0.6 is 11.6 Å². The maximum absolute atomic E-state index is 14.9. The molecule has 0 aliphatic carbocycles. The van der Waals surface area contributed by atoms with Crippen LogP contribution in [-0.2, 0) is 19.9 Å². The number of ether oxygens (including phenoxy) is 1. The van der Waals surface area contributed by atoms with E-state index in [-0.39, 0.29) is 12.4 Å². The van der Waals surface area contributed by atoms with E-state index in [1.165, 1.54) is 35.2 Å². The molecule has 0 fully saturated rings. The molecule has 0 saturated carbocycles. The zero-order chi connectivity index (χ0) is 36.5. The zero-order valence-electron chi connectivity index (χ0n) is 28.0. The number of aliphatic imine (C=N–C) groups is 1. The van der Waals surface area contributed by atoms with Crippen molar-refractivity contribution in [3.05, 3.63) is 83.2 Å². The van der Waals surface area contributed by atoms with E-state index in [2.05, 4.69) is 15.2 Å². The summed E-state index contributed by atoms with van der Waals surface area (Å²) in [5.74, 6) is -2.26. The molecule has 50 heavy (non-hydrogen) atoms. The van der Waals surface area contributed by atoms with Crippen molar-refractivity contribution in [3.63, 3.8) is 0 Å². The van der Waals surface area contributed by atoms with Crippen LogP contribution in [0.3, 0.4) is 0 Å². The number of alkyl halides is 4. The molecule has 1 aliphatic rings. The van der Waals surface area contributed by atoms with Gasteiger partial charge in [0.1, 0.15) is 18.8 Å². The van der Waals surface area contributed by atoms with Crippen LogP contribution in [0, 0.1) is 18.3 Å². The van der Waals surface area contributed by atoms with Gasteiger partial charge in [0.2, 0.25) is 6.43 Å². The van der Waals surface area contributed by atoms with Crippen LogP contribution in [0.1, 0.15) is 70.1 Å². The van der Waals surface area contributed by atoms with Gasteiger partial charge in [-0.1, -0.05) is 69.6 Å². The summed E-state index contributed by atoms with van der Waals surface area (Å²) in [6.07, 6.45) is 0.839. The number of nitrogens with zero attached hydrogens (tertiary/aromatic N) is 7. The molecule has 2 N–H and O–H groups in total. The van der Waals surface area contributed by atoms with Gasteiger partial charge in [-0.25, -0.2) is 28.1 Å². The summed E-state index contributed by atoms with van der Waals surface area (Å²) in [5, 5.41) is 8.25. The largest absolute Gasteiger partial charge is 0.463 e. The molecule has 0 unspecified atom stereocenters. The molecule has 2 aromatic heterocycles. The summed E-state index contributed by atoms with van der Waals surface area (Å²) in [6.45, 7) is 5.56. The molecule has 4 aromatic rings. The monoisotopic (exact) mass is 716 g/mol.